The number of nitrogens with one attached hydrogen (secondary N) is 1. The summed E-state index contributed by atoms with van der Waals surface area (Å²) in [6, 6.07) is 12.0. The van der Waals surface area contributed by atoms with Crippen molar-refractivity contribution < 1.29 is 18.7 Å². The molecule has 6 heteroatoms. The van der Waals surface area contributed by atoms with E-state index in [2.05, 4.69) is 10.2 Å². The number of hydrogen-bond acceptors (Lipinski definition) is 5. The molecule has 26 heavy (non-hydrogen) atoms. The number of ether oxygens (including phenoxy) is 2. The monoisotopic (exact) mass is 358 g/mol. The molecule has 0 aliphatic carbocycles. The van der Waals surface area contributed by atoms with E-state index in [0.717, 1.165) is 30.0 Å². The third-order valence-electron chi connectivity index (χ3n) is 4.25. The van der Waals surface area contributed by atoms with Gasteiger partial charge in [-0.05, 0) is 42.8 Å². The van der Waals surface area contributed by atoms with Gasteiger partial charge in [0.2, 0.25) is 0 Å². The van der Waals surface area contributed by atoms with Crippen molar-refractivity contribution in [3.05, 3.63) is 59.4 Å². The highest BCUT2D eigenvalue weighted by molar-refractivity contribution is 5.97. The predicted octanol–water partition coefficient (Wildman–Crippen LogP) is 3.45. The Labute approximate surface area is 152 Å². The van der Waals surface area contributed by atoms with Gasteiger partial charge < -0.3 is 19.7 Å². The number of carbonyl (C=O) groups is 1. The van der Waals surface area contributed by atoms with E-state index in [4.69, 9.17) is 9.47 Å². The van der Waals surface area contributed by atoms with Crippen LogP contribution in [-0.2, 0) is 16.0 Å². The molecule has 2 aromatic carbocycles. The molecule has 0 amide bonds. The minimum atomic E-state index is -0.334. The smallest absolute Gasteiger partial charge is 0.340 e. The van der Waals surface area contributed by atoms with Gasteiger partial charge in [-0.2, -0.15) is 0 Å². The van der Waals surface area contributed by atoms with Crippen molar-refractivity contribution in [1.82, 2.24) is 0 Å². The number of nitrogens with zero attached hydrogens (tertiary/aromatic N) is 1. The maximum Gasteiger partial charge on any atom is 0.340 e. The average molecular weight is 358 g/mol. The van der Waals surface area contributed by atoms with E-state index in [0.29, 0.717) is 31.9 Å². The molecule has 138 valence electrons. The van der Waals surface area contributed by atoms with Crippen LogP contribution in [0.2, 0.25) is 0 Å². The summed E-state index contributed by atoms with van der Waals surface area (Å²) < 4.78 is 23.6. The lowest BCUT2D eigenvalue weighted by atomic mass is 10.1. The normalized spacial score (nSPS) is 14.2. The van der Waals surface area contributed by atoms with E-state index in [-0.39, 0.29) is 11.8 Å². The van der Waals surface area contributed by atoms with Gasteiger partial charge in [-0.1, -0.05) is 12.1 Å². The molecule has 5 nitrogen and oxygen atoms in total. The van der Waals surface area contributed by atoms with Crippen LogP contribution < -0.4 is 10.2 Å². The molecule has 1 aliphatic rings. The van der Waals surface area contributed by atoms with Gasteiger partial charge in [0.15, 0.2) is 0 Å². The summed E-state index contributed by atoms with van der Waals surface area (Å²) in [7, 11) is 0. The Bertz CT molecular complexity index is 743. The second-order valence-corrected chi connectivity index (χ2v) is 6.03. The van der Waals surface area contributed by atoms with Crippen LogP contribution in [0, 0.1) is 5.82 Å². The van der Waals surface area contributed by atoms with Crippen LogP contribution in [0.15, 0.2) is 42.5 Å². The number of carbonyl (C=O) groups excluding carboxylic acids is 1. The fourth-order valence-electron chi connectivity index (χ4n) is 2.90. The molecule has 0 unspecified atom stereocenters. The number of anilines is 2. The number of benzene rings is 2. The molecule has 0 radical (unpaired) electrons. The molecule has 0 aromatic heterocycles. The average Bonchev–Trinajstić information content (AvgIpc) is 2.68. The Hall–Kier alpha value is -2.60. The topological polar surface area (TPSA) is 50.8 Å². The summed E-state index contributed by atoms with van der Waals surface area (Å²) in [5.41, 5.74) is 3.17. The third kappa shape index (κ3) is 4.52. The van der Waals surface area contributed by atoms with E-state index in [1.807, 2.05) is 18.2 Å². The molecule has 1 heterocycles. The quantitative estimate of drug-likeness (QED) is 0.802. The Kier molecular flexibility index (Phi) is 6.07. The van der Waals surface area contributed by atoms with E-state index in [1.165, 1.54) is 12.1 Å². The zero-order chi connectivity index (χ0) is 18.4. The molecule has 1 aliphatic heterocycles. The van der Waals surface area contributed by atoms with Gasteiger partial charge in [0.1, 0.15) is 5.82 Å². The van der Waals surface area contributed by atoms with Gasteiger partial charge in [0.05, 0.1) is 31.1 Å². The molecule has 0 spiro atoms. The van der Waals surface area contributed by atoms with Crippen molar-refractivity contribution in [3.8, 4) is 0 Å². The van der Waals surface area contributed by atoms with Crippen LogP contribution in [0.1, 0.15) is 22.8 Å². The minimum Gasteiger partial charge on any atom is -0.462 e. The second-order valence-electron chi connectivity index (χ2n) is 6.03. The van der Waals surface area contributed by atoms with E-state index in [9.17, 15) is 9.18 Å². The van der Waals surface area contributed by atoms with Crippen molar-refractivity contribution >= 4 is 17.3 Å². The van der Waals surface area contributed by atoms with Gasteiger partial charge >= 0.3 is 5.97 Å². The number of halogens is 1. The molecule has 1 N–H and O–H groups in total. The fraction of sp³-hybridized carbons (Fsp3) is 0.350. The number of rotatable bonds is 6. The van der Waals surface area contributed by atoms with Crippen molar-refractivity contribution in [2.24, 2.45) is 0 Å². The first kappa shape index (κ1) is 18.2. The van der Waals surface area contributed by atoms with Crippen LogP contribution in [0.4, 0.5) is 15.8 Å². The van der Waals surface area contributed by atoms with Crippen LogP contribution in [0.25, 0.3) is 0 Å². The Morgan fingerprint density at radius 1 is 1.19 bits per heavy atom. The highest BCUT2D eigenvalue weighted by atomic mass is 19.1. The van der Waals surface area contributed by atoms with E-state index >= 15 is 0 Å². The molecule has 0 atom stereocenters. The maximum atomic E-state index is 13.0. The van der Waals surface area contributed by atoms with E-state index < -0.39 is 0 Å². The largest absolute Gasteiger partial charge is 0.462 e. The zero-order valence-electron chi connectivity index (χ0n) is 14.8. The highest BCUT2D eigenvalue weighted by Gasteiger charge is 2.20. The highest BCUT2D eigenvalue weighted by Crippen LogP contribution is 2.26. The summed E-state index contributed by atoms with van der Waals surface area (Å²) in [6.07, 6.45) is 0. The summed E-state index contributed by atoms with van der Waals surface area (Å²) in [6.45, 7) is 5.44. The SMILES string of the molecule is CCOC(=O)c1cc(NCc2ccc(F)cc2)ccc1N1CCOCC1. The van der Waals surface area contributed by atoms with Gasteiger partial charge in [0, 0.05) is 25.3 Å². The number of morpholine rings is 1. The Balaban J connectivity index is 1.79. The van der Waals surface area contributed by atoms with Crippen molar-refractivity contribution in [2.45, 2.75) is 13.5 Å². The first-order valence-corrected chi connectivity index (χ1v) is 8.79. The van der Waals surface area contributed by atoms with Gasteiger partial charge in [-0.15, -0.1) is 0 Å². The zero-order valence-corrected chi connectivity index (χ0v) is 14.8. The summed E-state index contributed by atoms with van der Waals surface area (Å²) in [4.78, 5) is 14.6. The van der Waals surface area contributed by atoms with Crippen LogP contribution >= 0.6 is 0 Å². The number of hydrogen-bond donors (Lipinski definition) is 1. The molecule has 1 saturated heterocycles. The molecule has 0 saturated carbocycles. The molecule has 0 bridgehead atoms. The third-order valence-corrected chi connectivity index (χ3v) is 4.25. The fourth-order valence-corrected chi connectivity index (χ4v) is 2.90. The maximum absolute atomic E-state index is 13.0. The van der Waals surface area contributed by atoms with Crippen molar-refractivity contribution in [2.75, 3.05) is 43.1 Å². The van der Waals surface area contributed by atoms with Gasteiger partial charge in [-0.3, -0.25) is 0 Å². The van der Waals surface area contributed by atoms with Crippen LogP contribution in [-0.4, -0.2) is 38.9 Å². The first-order chi connectivity index (χ1) is 12.7. The molecule has 3 rings (SSSR count). The summed E-state index contributed by atoms with van der Waals surface area (Å²) in [5, 5.41) is 3.27. The Morgan fingerprint density at radius 2 is 1.92 bits per heavy atom. The standard InChI is InChI=1S/C20H23FN2O3/c1-2-26-20(24)18-13-17(22-14-15-3-5-16(21)6-4-15)7-8-19(18)23-9-11-25-12-10-23/h3-8,13,22H,2,9-12,14H2,1H3. The summed E-state index contributed by atoms with van der Waals surface area (Å²) in [5.74, 6) is -0.590. The minimum absolute atomic E-state index is 0.256. The van der Waals surface area contributed by atoms with Crippen LogP contribution in [0.3, 0.4) is 0 Å². The summed E-state index contributed by atoms with van der Waals surface area (Å²) >= 11 is 0. The molecular weight excluding hydrogens is 335 g/mol. The predicted molar refractivity (Wildman–Crippen MR) is 99.2 cm³/mol. The van der Waals surface area contributed by atoms with Crippen LogP contribution in [0.5, 0.6) is 0 Å². The molecular formula is C20H23FN2O3. The van der Waals surface area contributed by atoms with Crippen molar-refractivity contribution in [3.63, 3.8) is 0 Å². The first-order valence-electron chi connectivity index (χ1n) is 8.79. The van der Waals surface area contributed by atoms with Gasteiger partial charge in [0.25, 0.3) is 0 Å². The lowest BCUT2D eigenvalue weighted by Gasteiger charge is -2.30. The second kappa shape index (κ2) is 8.67. The Morgan fingerprint density at radius 3 is 2.62 bits per heavy atom. The lowest BCUT2D eigenvalue weighted by Crippen LogP contribution is -2.37. The molecule has 2 aromatic rings. The van der Waals surface area contributed by atoms with Crippen molar-refractivity contribution in [1.29, 1.82) is 0 Å². The molecule has 1 fully saturated rings. The number of esters is 1. The van der Waals surface area contributed by atoms with Gasteiger partial charge in [-0.25, -0.2) is 9.18 Å². The lowest BCUT2D eigenvalue weighted by molar-refractivity contribution is 0.0526. The van der Waals surface area contributed by atoms with E-state index in [1.54, 1.807) is 19.1 Å².